The zero-order chi connectivity index (χ0) is 13.8. The summed E-state index contributed by atoms with van der Waals surface area (Å²) in [6, 6.07) is 8.10. The van der Waals surface area contributed by atoms with Crippen LogP contribution >= 0.6 is 11.6 Å². The van der Waals surface area contributed by atoms with Crippen LogP contribution in [-0.2, 0) is 4.79 Å². The smallest absolute Gasteiger partial charge is 0.223 e. The van der Waals surface area contributed by atoms with Gasteiger partial charge in [0.1, 0.15) is 0 Å². The number of nitrogens with zero attached hydrogens (tertiary/aromatic N) is 1. The summed E-state index contributed by atoms with van der Waals surface area (Å²) in [7, 11) is 0. The van der Waals surface area contributed by atoms with E-state index >= 15 is 0 Å². The maximum absolute atomic E-state index is 12.2. The number of rotatable bonds is 4. The standard InChI is InChI=1S/C15H21ClN2O/c1-11(17)4-9-15(19)18-10-2-3-14(18)12-5-7-13(16)8-6-12/h5-8,11,14H,2-4,9-10,17H2,1H3. The highest BCUT2D eigenvalue weighted by atomic mass is 35.5. The molecule has 19 heavy (non-hydrogen) atoms. The Morgan fingerprint density at radius 3 is 2.79 bits per heavy atom. The monoisotopic (exact) mass is 280 g/mol. The quantitative estimate of drug-likeness (QED) is 0.921. The van der Waals surface area contributed by atoms with E-state index in [-0.39, 0.29) is 18.0 Å². The van der Waals surface area contributed by atoms with E-state index in [1.54, 1.807) is 0 Å². The molecule has 1 amide bonds. The minimum Gasteiger partial charge on any atom is -0.336 e. The number of carbonyl (C=O) groups is 1. The third-order valence-electron chi connectivity index (χ3n) is 3.64. The Bertz CT molecular complexity index is 430. The first kappa shape index (κ1) is 14.4. The fourth-order valence-electron chi connectivity index (χ4n) is 2.59. The largest absolute Gasteiger partial charge is 0.336 e. The molecular formula is C15H21ClN2O. The summed E-state index contributed by atoms with van der Waals surface area (Å²) in [5.74, 6) is 0.217. The van der Waals surface area contributed by atoms with E-state index in [0.29, 0.717) is 6.42 Å². The van der Waals surface area contributed by atoms with Crippen molar-refractivity contribution in [2.45, 2.75) is 44.7 Å². The summed E-state index contributed by atoms with van der Waals surface area (Å²) in [6.45, 7) is 2.79. The molecule has 1 aromatic carbocycles. The summed E-state index contributed by atoms with van der Waals surface area (Å²) in [6.07, 6.45) is 3.40. The fraction of sp³-hybridized carbons (Fsp3) is 0.533. The predicted octanol–water partition coefficient (Wildman–Crippen LogP) is 3.13. The third-order valence-corrected chi connectivity index (χ3v) is 3.89. The third kappa shape index (κ3) is 3.71. The number of hydrogen-bond acceptors (Lipinski definition) is 2. The van der Waals surface area contributed by atoms with Crippen LogP contribution in [0.4, 0.5) is 0 Å². The van der Waals surface area contributed by atoms with Crippen molar-refractivity contribution in [2.75, 3.05) is 6.54 Å². The van der Waals surface area contributed by atoms with Gasteiger partial charge in [-0.25, -0.2) is 0 Å². The number of halogens is 1. The number of likely N-dealkylation sites (tertiary alicyclic amines) is 1. The topological polar surface area (TPSA) is 46.3 Å². The van der Waals surface area contributed by atoms with Crippen LogP contribution in [0, 0.1) is 0 Å². The van der Waals surface area contributed by atoms with Crippen LogP contribution in [0.1, 0.15) is 44.2 Å². The van der Waals surface area contributed by atoms with Crippen molar-refractivity contribution in [1.29, 1.82) is 0 Å². The highest BCUT2D eigenvalue weighted by molar-refractivity contribution is 6.30. The molecule has 1 aromatic rings. The van der Waals surface area contributed by atoms with Crippen LogP contribution in [0.3, 0.4) is 0 Å². The van der Waals surface area contributed by atoms with Gasteiger partial charge in [0.05, 0.1) is 6.04 Å². The molecule has 2 N–H and O–H groups in total. The van der Waals surface area contributed by atoms with E-state index < -0.39 is 0 Å². The first-order valence-corrected chi connectivity index (χ1v) is 7.26. The molecule has 2 rings (SSSR count). The van der Waals surface area contributed by atoms with Crippen LogP contribution in [0.25, 0.3) is 0 Å². The van der Waals surface area contributed by atoms with Gasteiger partial charge < -0.3 is 10.6 Å². The van der Waals surface area contributed by atoms with Gasteiger partial charge in [-0.05, 0) is 43.9 Å². The molecule has 1 saturated heterocycles. The van der Waals surface area contributed by atoms with Crippen LogP contribution in [0.15, 0.2) is 24.3 Å². The van der Waals surface area contributed by atoms with Gasteiger partial charge in [-0.3, -0.25) is 4.79 Å². The molecule has 0 aliphatic carbocycles. The maximum atomic E-state index is 12.2. The molecule has 2 atom stereocenters. The van der Waals surface area contributed by atoms with Crippen LogP contribution in [0.2, 0.25) is 5.02 Å². The second kappa shape index (κ2) is 6.40. The van der Waals surface area contributed by atoms with Gasteiger partial charge in [0.25, 0.3) is 0 Å². The molecule has 1 heterocycles. The van der Waals surface area contributed by atoms with Crippen LogP contribution in [0.5, 0.6) is 0 Å². The molecule has 0 aromatic heterocycles. The highest BCUT2D eigenvalue weighted by Crippen LogP contribution is 2.33. The van der Waals surface area contributed by atoms with E-state index in [0.717, 1.165) is 30.8 Å². The molecule has 0 saturated carbocycles. The van der Waals surface area contributed by atoms with Gasteiger partial charge in [0.2, 0.25) is 5.91 Å². The zero-order valence-corrected chi connectivity index (χ0v) is 12.1. The first-order valence-electron chi connectivity index (χ1n) is 6.88. The zero-order valence-electron chi connectivity index (χ0n) is 11.3. The Labute approximate surface area is 119 Å². The number of hydrogen-bond donors (Lipinski definition) is 1. The highest BCUT2D eigenvalue weighted by Gasteiger charge is 2.29. The van der Waals surface area contributed by atoms with Crippen molar-refractivity contribution in [3.05, 3.63) is 34.9 Å². The summed E-state index contributed by atoms with van der Waals surface area (Å²) >= 11 is 5.91. The second-order valence-electron chi connectivity index (χ2n) is 5.31. The van der Waals surface area contributed by atoms with Crippen molar-refractivity contribution in [2.24, 2.45) is 5.73 Å². The Balaban J connectivity index is 2.04. The second-order valence-corrected chi connectivity index (χ2v) is 5.75. The number of benzene rings is 1. The van der Waals surface area contributed by atoms with Gasteiger partial charge in [-0.2, -0.15) is 0 Å². The van der Waals surface area contributed by atoms with Gasteiger partial charge >= 0.3 is 0 Å². The van der Waals surface area contributed by atoms with Crippen LogP contribution in [-0.4, -0.2) is 23.4 Å². The molecule has 0 bridgehead atoms. The van der Waals surface area contributed by atoms with E-state index in [1.165, 1.54) is 5.56 Å². The van der Waals surface area contributed by atoms with Gasteiger partial charge in [-0.1, -0.05) is 23.7 Å². The van der Waals surface area contributed by atoms with Crippen LogP contribution < -0.4 is 5.73 Å². The Morgan fingerprint density at radius 2 is 2.16 bits per heavy atom. The molecule has 0 spiro atoms. The molecule has 0 radical (unpaired) electrons. The molecule has 1 aliphatic rings. The summed E-state index contributed by atoms with van der Waals surface area (Å²) < 4.78 is 0. The van der Waals surface area contributed by atoms with Gasteiger partial charge in [0, 0.05) is 24.0 Å². The number of nitrogens with two attached hydrogens (primary N) is 1. The summed E-state index contributed by atoms with van der Waals surface area (Å²) in [4.78, 5) is 14.2. The van der Waals surface area contributed by atoms with Crippen molar-refractivity contribution in [1.82, 2.24) is 4.90 Å². The molecule has 3 nitrogen and oxygen atoms in total. The van der Waals surface area contributed by atoms with Gasteiger partial charge in [0.15, 0.2) is 0 Å². The Morgan fingerprint density at radius 1 is 1.47 bits per heavy atom. The van der Waals surface area contributed by atoms with Crippen molar-refractivity contribution < 1.29 is 4.79 Å². The molecule has 4 heteroatoms. The molecular weight excluding hydrogens is 260 g/mol. The molecule has 1 fully saturated rings. The molecule has 2 unspecified atom stereocenters. The minimum absolute atomic E-state index is 0.0838. The van der Waals surface area contributed by atoms with Crippen molar-refractivity contribution in [3.8, 4) is 0 Å². The average molecular weight is 281 g/mol. The summed E-state index contributed by atoms with van der Waals surface area (Å²) in [5, 5.41) is 0.733. The van der Waals surface area contributed by atoms with Crippen molar-refractivity contribution in [3.63, 3.8) is 0 Å². The molecule has 104 valence electrons. The lowest BCUT2D eigenvalue weighted by Crippen LogP contribution is -2.31. The average Bonchev–Trinajstić information content (AvgIpc) is 2.86. The number of carbonyl (C=O) groups excluding carboxylic acids is 1. The normalized spacial score (nSPS) is 20.6. The van der Waals surface area contributed by atoms with Gasteiger partial charge in [-0.15, -0.1) is 0 Å². The van der Waals surface area contributed by atoms with E-state index in [2.05, 4.69) is 0 Å². The SMILES string of the molecule is CC(N)CCC(=O)N1CCCC1c1ccc(Cl)cc1. The lowest BCUT2D eigenvalue weighted by atomic mass is 10.0. The number of amides is 1. The predicted molar refractivity (Wildman–Crippen MR) is 78.0 cm³/mol. The Hall–Kier alpha value is -1.06. The molecule has 1 aliphatic heterocycles. The Kier molecular flexibility index (Phi) is 4.83. The van der Waals surface area contributed by atoms with E-state index in [4.69, 9.17) is 17.3 Å². The summed E-state index contributed by atoms with van der Waals surface area (Å²) in [5.41, 5.74) is 6.89. The maximum Gasteiger partial charge on any atom is 0.223 e. The van der Waals surface area contributed by atoms with E-state index in [9.17, 15) is 4.79 Å². The minimum atomic E-state index is 0.0838. The fourth-order valence-corrected chi connectivity index (χ4v) is 2.72. The van der Waals surface area contributed by atoms with E-state index in [1.807, 2.05) is 36.1 Å². The lowest BCUT2D eigenvalue weighted by molar-refractivity contribution is -0.132. The first-order chi connectivity index (χ1) is 9.08. The van der Waals surface area contributed by atoms with Crippen molar-refractivity contribution >= 4 is 17.5 Å². The lowest BCUT2D eigenvalue weighted by Gasteiger charge is -2.25.